The summed E-state index contributed by atoms with van der Waals surface area (Å²) in [5.41, 5.74) is 8.26. The molecule has 0 atom stereocenters. The molecule has 0 bridgehead atoms. The van der Waals surface area contributed by atoms with Crippen LogP contribution in [0.1, 0.15) is 24.0 Å². The third-order valence-corrected chi connectivity index (χ3v) is 3.67. The van der Waals surface area contributed by atoms with E-state index in [1.165, 1.54) is 11.1 Å². The molecule has 2 N–H and O–H groups in total. The summed E-state index contributed by atoms with van der Waals surface area (Å²) in [6.07, 6.45) is 3.66. The molecule has 3 heteroatoms. The van der Waals surface area contributed by atoms with Gasteiger partial charge in [0.05, 0.1) is 12.7 Å². The van der Waals surface area contributed by atoms with E-state index >= 15 is 0 Å². The number of piperidine rings is 1. The van der Waals surface area contributed by atoms with Crippen LogP contribution in [-0.2, 0) is 17.8 Å². The molecule has 2 rings (SSSR count). The summed E-state index contributed by atoms with van der Waals surface area (Å²) in [5.74, 6) is 0. The van der Waals surface area contributed by atoms with Gasteiger partial charge in [-0.15, -0.1) is 0 Å². The molecule has 100 valence electrons. The van der Waals surface area contributed by atoms with Gasteiger partial charge in [-0.2, -0.15) is 0 Å². The van der Waals surface area contributed by atoms with Crippen LogP contribution >= 0.6 is 0 Å². The predicted octanol–water partition coefficient (Wildman–Crippen LogP) is 1.80. The molecule has 1 fully saturated rings. The zero-order valence-electron chi connectivity index (χ0n) is 11.3. The minimum absolute atomic E-state index is 0.423. The van der Waals surface area contributed by atoms with Crippen LogP contribution in [0, 0.1) is 0 Å². The van der Waals surface area contributed by atoms with E-state index in [1.54, 1.807) is 0 Å². The molecule has 0 unspecified atom stereocenters. The van der Waals surface area contributed by atoms with Crippen LogP contribution in [0.2, 0.25) is 0 Å². The van der Waals surface area contributed by atoms with E-state index in [9.17, 15) is 0 Å². The zero-order valence-corrected chi connectivity index (χ0v) is 11.3. The number of nitrogens with zero attached hydrogens (tertiary/aromatic N) is 1. The molecule has 1 aliphatic heterocycles. The molecule has 3 nitrogen and oxygen atoms in total. The molecule has 1 aromatic rings. The number of likely N-dealkylation sites (tertiary alicyclic amines) is 1. The van der Waals surface area contributed by atoms with Crippen LogP contribution in [0.5, 0.6) is 0 Å². The Labute approximate surface area is 110 Å². The fourth-order valence-corrected chi connectivity index (χ4v) is 2.46. The Morgan fingerprint density at radius 2 is 1.89 bits per heavy atom. The van der Waals surface area contributed by atoms with Crippen molar-refractivity contribution in [3.63, 3.8) is 0 Å². The van der Waals surface area contributed by atoms with Gasteiger partial charge in [0.15, 0.2) is 0 Å². The average molecular weight is 248 g/mol. The lowest BCUT2D eigenvalue weighted by Gasteiger charge is -2.29. The highest BCUT2D eigenvalue weighted by Gasteiger charge is 2.17. The first-order chi connectivity index (χ1) is 8.79. The van der Waals surface area contributed by atoms with E-state index in [0.717, 1.165) is 39.0 Å². The van der Waals surface area contributed by atoms with Crippen LogP contribution in [0.25, 0.3) is 0 Å². The normalized spacial score (nSPS) is 18.1. The van der Waals surface area contributed by atoms with E-state index < -0.39 is 0 Å². The second-order valence-electron chi connectivity index (χ2n) is 5.12. The Morgan fingerprint density at radius 3 is 2.56 bits per heavy atom. The maximum Gasteiger partial charge on any atom is 0.0723 e. The van der Waals surface area contributed by atoms with Gasteiger partial charge < -0.3 is 15.4 Å². The van der Waals surface area contributed by atoms with Crippen LogP contribution in [0.15, 0.2) is 24.3 Å². The van der Waals surface area contributed by atoms with Crippen LogP contribution < -0.4 is 5.73 Å². The number of benzene rings is 1. The lowest BCUT2D eigenvalue weighted by molar-refractivity contribution is 0.00187. The highest BCUT2D eigenvalue weighted by atomic mass is 16.5. The molecule has 0 radical (unpaired) electrons. The number of rotatable bonds is 5. The molecule has 1 heterocycles. The maximum atomic E-state index is 6.04. The number of hydrogen-bond acceptors (Lipinski definition) is 3. The van der Waals surface area contributed by atoms with Crippen molar-refractivity contribution in [3.8, 4) is 0 Å². The molecule has 18 heavy (non-hydrogen) atoms. The van der Waals surface area contributed by atoms with Gasteiger partial charge in [-0.1, -0.05) is 24.3 Å². The molecule has 0 aromatic heterocycles. The molecule has 0 amide bonds. The Bertz CT molecular complexity index is 359. The first-order valence-electron chi connectivity index (χ1n) is 6.86. The predicted molar refractivity (Wildman–Crippen MR) is 74.5 cm³/mol. The second kappa shape index (κ2) is 6.88. The summed E-state index contributed by atoms with van der Waals surface area (Å²) < 4.78 is 6.04. The van der Waals surface area contributed by atoms with Crippen molar-refractivity contribution in [1.82, 2.24) is 4.90 Å². The highest BCUT2D eigenvalue weighted by Crippen LogP contribution is 2.16. The first kappa shape index (κ1) is 13.5. The van der Waals surface area contributed by atoms with Gasteiger partial charge in [-0.05, 0) is 44.0 Å². The van der Waals surface area contributed by atoms with Crippen molar-refractivity contribution in [3.05, 3.63) is 35.4 Å². The molecular weight excluding hydrogens is 224 g/mol. The minimum atomic E-state index is 0.423. The molecule has 0 saturated carbocycles. The van der Waals surface area contributed by atoms with Gasteiger partial charge in [0.2, 0.25) is 0 Å². The molecule has 0 spiro atoms. The highest BCUT2D eigenvalue weighted by molar-refractivity contribution is 5.26. The van der Waals surface area contributed by atoms with E-state index in [-0.39, 0.29) is 0 Å². The Balaban J connectivity index is 1.86. The fraction of sp³-hybridized carbons (Fsp3) is 0.600. The fourth-order valence-electron chi connectivity index (χ4n) is 2.46. The Kier molecular flexibility index (Phi) is 5.17. The van der Waals surface area contributed by atoms with Crippen LogP contribution in [-0.4, -0.2) is 37.7 Å². The van der Waals surface area contributed by atoms with Crippen LogP contribution in [0.3, 0.4) is 0 Å². The lowest BCUT2D eigenvalue weighted by atomic mass is 10.0. The van der Waals surface area contributed by atoms with E-state index in [0.29, 0.717) is 12.6 Å². The third-order valence-electron chi connectivity index (χ3n) is 3.67. The Morgan fingerprint density at radius 1 is 1.22 bits per heavy atom. The molecule has 0 aliphatic carbocycles. The van der Waals surface area contributed by atoms with Crippen molar-refractivity contribution >= 4 is 0 Å². The minimum Gasteiger partial charge on any atom is -0.373 e. The van der Waals surface area contributed by atoms with E-state index in [1.807, 2.05) is 0 Å². The van der Waals surface area contributed by atoms with Crippen molar-refractivity contribution in [2.24, 2.45) is 5.73 Å². The quantitative estimate of drug-likeness (QED) is 0.863. The van der Waals surface area contributed by atoms with Gasteiger partial charge in [0.25, 0.3) is 0 Å². The topological polar surface area (TPSA) is 38.5 Å². The van der Waals surface area contributed by atoms with Gasteiger partial charge in [-0.3, -0.25) is 0 Å². The number of hydrogen-bond donors (Lipinski definition) is 1. The summed E-state index contributed by atoms with van der Waals surface area (Å²) in [7, 11) is 2.17. The number of ether oxygens (including phenoxy) is 1. The molecular formula is C15H24N2O. The summed E-state index contributed by atoms with van der Waals surface area (Å²) in [6, 6.07) is 8.46. The smallest absolute Gasteiger partial charge is 0.0723 e. The van der Waals surface area contributed by atoms with E-state index in [2.05, 4.69) is 36.2 Å². The zero-order chi connectivity index (χ0) is 12.8. The first-order valence-corrected chi connectivity index (χ1v) is 6.86. The van der Waals surface area contributed by atoms with Gasteiger partial charge in [0, 0.05) is 13.1 Å². The van der Waals surface area contributed by atoms with Crippen LogP contribution in [0.4, 0.5) is 0 Å². The third kappa shape index (κ3) is 3.80. The lowest BCUT2D eigenvalue weighted by Crippen LogP contribution is -2.34. The maximum absolute atomic E-state index is 6.04. The summed E-state index contributed by atoms with van der Waals surface area (Å²) in [6.45, 7) is 3.72. The van der Waals surface area contributed by atoms with Gasteiger partial charge in [-0.25, -0.2) is 0 Å². The average Bonchev–Trinajstić information content (AvgIpc) is 2.40. The summed E-state index contributed by atoms with van der Waals surface area (Å²) in [4.78, 5) is 2.36. The monoisotopic (exact) mass is 248 g/mol. The summed E-state index contributed by atoms with van der Waals surface area (Å²) in [5, 5.41) is 0. The summed E-state index contributed by atoms with van der Waals surface area (Å²) >= 11 is 0. The van der Waals surface area contributed by atoms with Crippen molar-refractivity contribution < 1.29 is 4.74 Å². The van der Waals surface area contributed by atoms with E-state index in [4.69, 9.17) is 10.5 Å². The van der Waals surface area contributed by atoms with Gasteiger partial charge in [0.1, 0.15) is 0 Å². The second-order valence-corrected chi connectivity index (χ2v) is 5.12. The molecule has 1 saturated heterocycles. The van der Waals surface area contributed by atoms with Crippen molar-refractivity contribution in [1.29, 1.82) is 0 Å². The van der Waals surface area contributed by atoms with Crippen molar-refractivity contribution in [2.75, 3.05) is 26.7 Å². The SMILES string of the molecule is CN1CCC(OCc2ccccc2CCN)CC1. The van der Waals surface area contributed by atoms with Gasteiger partial charge >= 0.3 is 0 Å². The number of nitrogens with two attached hydrogens (primary N) is 1. The largest absolute Gasteiger partial charge is 0.373 e. The molecule has 1 aliphatic rings. The molecule has 1 aromatic carbocycles. The van der Waals surface area contributed by atoms with Crippen molar-refractivity contribution in [2.45, 2.75) is 32.0 Å². The Hall–Kier alpha value is -0.900. The standard InChI is InChI=1S/C15H24N2O/c1-17-10-7-15(8-11-17)18-12-14-5-3-2-4-13(14)6-9-16/h2-5,15H,6-12,16H2,1H3.